The van der Waals surface area contributed by atoms with E-state index in [-0.39, 0.29) is 5.56 Å². The number of benzene rings is 2. The van der Waals surface area contributed by atoms with Crippen LogP contribution in [0.15, 0.2) is 46.9 Å². The number of halogens is 5. The first-order valence-electron chi connectivity index (χ1n) is 5.71. The van der Waals surface area contributed by atoms with Gasteiger partial charge >= 0.3 is 6.18 Å². The molecule has 2 aromatic rings. The Bertz CT molecular complexity index is 668. The third-order valence-electron chi connectivity index (χ3n) is 2.65. The minimum Gasteiger partial charge on any atom is -0.319 e. The highest BCUT2D eigenvalue weighted by Crippen LogP contribution is 2.31. The molecule has 0 saturated carbocycles. The summed E-state index contributed by atoms with van der Waals surface area (Å²) in [6.07, 6.45) is -4.61. The standard InChI is InChI=1S/C14H8BrF4NO/c15-10-4-1-8(2-5-10)13(21)20-12-7-9(14(17,18)19)3-6-11(12)16/h1-7H,(H,20,21). The van der Waals surface area contributed by atoms with E-state index < -0.39 is 29.2 Å². The maximum absolute atomic E-state index is 13.5. The summed E-state index contributed by atoms with van der Waals surface area (Å²) in [6.45, 7) is 0. The van der Waals surface area contributed by atoms with Gasteiger partial charge in [0.15, 0.2) is 0 Å². The summed E-state index contributed by atoms with van der Waals surface area (Å²) >= 11 is 3.19. The molecule has 0 saturated heterocycles. The molecule has 0 aromatic heterocycles. The van der Waals surface area contributed by atoms with Gasteiger partial charge in [-0.3, -0.25) is 4.79 Å². The van der Waals surface area contributed by atoms with E-state index in [1.54, 1.807) is 12.1 Å². The lowest BCUT2D eigenvalue weighted by Crippen LogP contribution is -2.14. The highest BCUT2D eigenvalue weighted by molar-refractivity contribution is 9.10. The summed E-state index contributed by atoms with van der Waals surface area (Å²) in [5.74, 6) is -1.63. The SMILES string of the molecule is O=C(Nc1cc(C(F)(F)F)ccc1F)c1ccc(Br)cc1. The molecule has 2 nitrogen and oxygen atoms in total. The largest absolute Gasteiger partial charge is 0.416 e. The molecular weight excluding hydrogens is 354 g/mol. The molecule has 0 atom stereocenters. The third kappa shape index (κ3) is 3.81. The number of hydrogen-bond acceptors (Lipinski definition) is 1. The fraction of sp³-hybridized carbons (Fsp3) is 0.0714. The molecule has 2 aromatic carbocycles. The van der Waals surface area contributed by atoms with Crippen molar-refractivity contribution in [1.82, 2.24) is 0 Å². The van der Waals surface area contributed by atoms with Crippen molar-refractivity contribution in [3.8, 4) is 0 Å². The number of alkyl halides is 3. The minimum absolute atomic E-state index is 0.204. The van der Waals surface area contributed by atoms with Crippen molar-refractivity contribution in [2.24, 2.45) is 0 Å². The summed E-state index contributed by atoms with van der Waals surface area (Å²) in [5, 5.41) is 2.13. The van der Waals surface area contributed by atoms with Crippen molar-refractivity contribution < 1.29 is 22.4 Å². The van der Waals surface area contributed by atoms with Crippen LogP contribution in [0.25, 0.3) is 0 Å². The first-order valence-corrected chi connectivity index (χ1v) is 6.50. The van der Waals surface area contributed by atoms with E-state index in [9.17, 15) is 22.4 Å². The van der Waals surface area contributed by atoms with Crippen LogP contribution in [0.5, 0.6) is 0 Å². The Morgan fingerprint density at radius 2 is 1.67 bits per heavy atom. The van der Waals surface area contributed by atoms with Crippen molar-refractivity contribution in [2.75, 3.05) is 5.32 Å². The van der Waals surface area contributed by atoms with E-state index in [0.29, 0.717) is 18.2 Å². The number of carbonyl (C=O) groups is 1. The first-order chi connectivity index (χ1) is 9.77. The van der Waals surface area contributed by atoms with E-state index in [1.165, 1.54) is 12.1 Å². The molecular formula is C14H8BrF4NO. The second-order valence-corrected chi connectivity index (χ2v) is 5.07. The molecule has 2 rings (SSSR count). The summed E-state index contributed by atoms with van der Waals surface area (Å²) in [7, 11) is 0. The van der Waals surface area contributed by atoms with Gasteiger partial charge in [-0.15, -0.1) is 0 Å². The summed E-state index contributed by atoms with van der Waals surface area (Å²) in [5.41, 5.74) is -1.34. The lowest BCUT2D eigenvalue weighted by Gasteiger charge is -2.11. The average molecular weight is 362 g/mol. The molecule has 0 heterocycles. The van der Waals surface area contributed by atoms with Crippen LogP contribution in [0.2, 0.25) is 0 Å². The van der Waals surface area contributed by atoms with Crippen LogP contribution < -0.4 is 5.32 Å². The molecule has 1 N–H and O–H groups in total. The Morgan fingerprint density at radius 3 is 2.24 bits per heavy atom. The van der Waals surface area contributed by atoms with E-state index >= 15 is 0 Å². The zero-order chi connectivity index (χ0) is 15.6. The predicted octanol–water partition coefficient (Wildman–Crippen LogP) is 4.86. The normalized spacial score (nSPS) is 11.3. The van der Waals surface area contributed by atoms with Gasteiger partial charge < -0.3 is 5.32 Å². The summed E-state index contributed by atoms with van der Waals surface area (Å²) in [4.78, 5) is 11.9. The fourth-order valence-electron chi connectivity index (χ4n) is 1.59. The Morgan fingerprint density at radius 1 is 1.05 bits per heavy atom. The zero-order valence-corrected chi connectivity index (χ0v) is 11.9. The molecule has 0 aliphatic rings. The van der Waals surface area contributed by atoms with E-state index in [2.05, 4.69) is 21.2 Å². The van der Waals surface area contributed by atoms with Gasteiger partial charge in [-0.1, -0.05) is 15.9 Å². The molecule has 0 unspecified atom stereocenters. The van der Waals surface area contributed by atoms with Crippen LogP contribution in [0.1, 0.15) is 15.9 Å². The highest BCUT2D eigenvalue weighted by atomic mass is 79.9. The maximum atomic E-state index is 13.5. The van der Waals surface area contributed by atoms with Gasteiger partial charge in [0.25, 0.3) is 5.91 Å². The highest BCUT2D eigenvalue weighted by Gasteiger charge is 2.31. The quantitative estimate of drug-likeness (QED) is 0.760. The van der Waals surface area contributed by atoms with Crippen molar-refractivity contribution in [3.63, 3.8) is 0 Å². The van der Waals surface area contributed by atoms with Gasteiger partial charge in [-0.05, 0) is 42.5 Å². The second-order valence-electron chi connectivity index (χ2n) is 4.15. The van der Waals surface area contributed by atoms with Crippen LogP contribution in [-0.4, -0.2) is 5.91 Å². The predicted molar refractivity (Wildman–Crippen MR) is 73.5 cm³/mol. The first kappa shape index (κ1) is 15.5. The van der Waals surface area contributed by atoms with Crippen LogP contribution in [0.4, 0.5) is 23.2 Å². The molecule has 0 aliphatic heterocycles. The van der Waals surface area contributed by atoms with Crippen LogP contribution in [-0.2, 0) is 6.18 Å². The lowest BCUT2D eigenvalue weighted by atomic mass is 10.1. The van der Waals surface area contributed by atoms with Crippen LogP contribution >= 0.6 is 15.9 Å². The molecule has 0 fully saturated rings. The Balaban J connectivity index is 2.26. The smallest absolute Gasteiger partial charge is 0.319 e. The molecule has 21 heavy (non-hydrogen) atoms. The van der Waals surface area contributed by atoms with E-state index in [4.69, 9.17) is 0 Å². The Kier molecular flexibility index (Phi) is 4.32. The number of carbonyl (C=O) groups excluding carboxylic acids is 1. The maximum Gasteiger partial charge on any atom is 0.416 e. The van der Waals surface area contributed by atoms with Gasteiger partial charge in [-0.25, -0.2) is 4.39 Å². The van der Waals surface area contributed by atoms with Crippen molar-refractivity contribution in [1.29, 1.82) is 0 Å². The van der Waals surface area contributed by atoms with Crippen LogP contribution in [0, 0.1) is 5.82 Å². The topological polar surface area (TPSA) is 29.1 Å². The van der Waals surface area contributed by atoms with E-state index in [1.807, 2.05) is 0 Å². The Labute approximate surface area is 125 Å². The molecule has 7 heteroatoms. The monoisotopic (exact) mass is 361 g/mol. The third-order valence-corrected chi connectivity index (χ3v) is 3.18. The average Bonchev–Trinajstić information content (AvgIpc) is 2.40. The lowest BCUT2D eigenvalue weighted by molar-refractivity contribution is -0.137. The van der Waals surface area contributed by atoms with Gasteiger partial charge in [0.05, 0.1) is 11.3 Å². The van der Waals surface area contributed by atoms with Gasteiger partial charge in [0.1, 0.15) is 5.82 Å². The van der Waals surface area contributed by atoms with Gasteiger partial charge in [-0.2, -0.15) is 13.2 Å². The van der Waals surface area contributed by atoms with Gasteiger partial charge in [0.2, 0.25) is 0 Å². The molecule has 0 radical (unpaired) electrons. The summed E-state index contributed by atoms with van der Waals surface area (Å²) < 4.78 is 51.9. The van der Waals surface area contributed by atoms with Crippen molar-refractivity contribution in [2.45, 2.75) is 6.18 Å². The summed E-state index contributed by atoms with van der Waals surface area (Å²) in [6, 6.07) is 7.96. The number of anilines is 1. The molecule has 0 aliphatic carbocycles. The second kappa shape index (κ2) is 5.85. The molecule has 0 bridgehead atoms. The van der Waals surface area contributed by atoms with Crippen molar-refractivity contribution in [3.05, 3.63) is 63.9 Å². The van der Waals surface area contributed by atoms with Gasteiger partial charge in [0, 0.05) is 10.0 Å². The number of hydrogen-bond donors (Lipinski definition) is 1. The fourth-order valence-corrected chi connectivity index (χ4v) is 1.86. The van der Waals surface area contributed by atoms with E-state index in [0.717, 1.165) is 4.47 Å². The van der Waals surface area contributed by atoms with Crippen molar-refractivity contribution >= 4 is 27.5 Å². The molecule has 110 valence electrons. The molecule has 0 spiro atoms. The van der Waals surface area contributed by atoms with Crippen LogP contribution in [0.3, 0.4) is 0 Å². The molecule has 1 amide bonds. The zero-order valence-electron chi connectivity index (χ0n) is 10.3. The number of amides is 1. The number of rotatable bonds is 2. The number of nitrogens with one attached hydrogen (secondary N) is 1. The Hall–Kier alpha value is -1.89. The minimum atomic E-state index is -4.61.